The molecule has 0 aliphatic rings. The molecule has 2 aromatic rings. The van der Waals surface area contributed by atoms with Crippen LogP contribution in [-0.2, 0) is 6.42 Å². The van der Waals surface area contributed by atoms with Gasteiger partial charge in [-0.3, -0.25) is 0 Å². The van der Waals surface area contributed by atoms with E-state index in [2.05, 4.69) is 49.0 Å². The Kier molecular flexibility index (Phi) is 5.14. The number of aryl methyl sites for hydroxylation is 2. The van der Waals surface area contributed by atoms with Crippen molar-refractivity contribution in [3.63, 3.8) is 0 Å². The van der Waals surface area contributed by atoms with Gasteiger partial charge >= 0.3 is 0 Å². The van der Waals surface area contributed by atoms with E-state index >= 15 is 0 Å². The minimum absolute atomic E-state index is 0.634. The first-order valence-electron chi connectivity index (χ1n) is 7.48. The van der Waals surface area contributed by atoms with E-state index in [1.807, 2.05) is 12.1 Å². The third-order valence-corrected chi connectivity index (χ3v) is 3.49. The molecule has 0 unspecified atom stereocenters. The number of nitrogens with zero attached hydrogens (tertiary/aromatic N) is 2. The summed E-state index contributed by atoms with van der Waals surface area (Å²) < 4.78 is 5.97. The lowest BCUT2D eigenvalue weighted by atomic mass is 10.1. The standard InChI is InChI=1S/C17H23N3O/c1-5-9-18-16-15(6-2)17(20-11-19-16)21-14-8-7-12(3)13(4)10-14/h7-8,10-11H,5-6,9H2,1-4H3,(H,18,19,20). The van der Waals surface area contributed by atoms with Crippen LogP contribution < -0.4 is 10.1 Å². The van der Waals surface area contributed by atoms with Crippen LogP contribution in [0.1, 0.15) is 37.0 Å². The van der Waals surface area contributed by atoms with E-state index in [4.69, 9.17) is 4.74 Å². The summed E-state index contributed by atoms with van der Waals surface area (Å²) in [6, 6.07) is 6.08. The largest absolute Gasteiger partial charge is 0.439 e. The molecule has 1 N–H and O–H groups in total. The molecule has 1 heterocycles. The Morgan fingerprint density at radius 2 is 1.90 bits per heavy atom. The molecule has 0 saturated carbocycles. The second kappa shape index (κ2) is 7.07. The average Bonchev–Trinajstić information content (AvgIpc) is 2.49. The quantitative estimate of drug-likeness (QED) is 0.861. The number of hydrogen-bond donors (Lipinski definition) is 1. The molecule has 0 amide bonds. The molecular weight excluding hydrogens is 262 g/mol. The van der Waals surface area contributed by atoms with Crippen LogP contribution in [0.25, 0.3) is 0 Å². The van der Waals surface area contributed by atoms with Crippen molar-refractivity contribution in [3.8, 4) is 11.6 Å². The van der Waals surface area contributed by atoms with Gasteiger partial charge in [0.05, 0.1) is 5.56 Å². The number of aromatic nitrogens is 2. The molecule has 0 saturated heterocycles. The summed E-state index contributed by atoms with van der Waals surface area (Å²) in [5.74, 6) is 2.32. The Hall–Kier alpha value is -2.10. The fraction of sp³-hybridized carbons (Fsp3) is 0.412. The van der Waals surface area contributed by atoms with Gasteiger partial charge in [-0.05, 0) is 49.9 Å². The van der Waals surface area contributed by atoms with E-state index < -0.39 is 0 Å². The molecule has 0 atom stereocenters. The highest BCUT2D eigenvalue weighted by molar-refractivity contribution is 5.50. The van der Waals surface area contributed by atoms with Gasteiger partial charge in [-0.1, -0.05) is 19.9 Å². The van der Waals surface area contributed by atoms with Crippen molar-refractivity contribution in [3.05, 3.63) is 41.2 Å². The van der Waals surface area contributed by atoms with Crippen LogP contribution in [-0.4, -0.2) is 16.5 Å². The van der Waals surface area contributed by atoms with Crippen LogP contribution >= 0.6 is 0 Å². The molecule has 0 radical (unpaired) electrons. The summed E-state index contributed by atoms with van der Waals surface area (Å²) in [6.45, 7) is 9.29. The monoisotopic (exact) mass is 285 g/mol. The first kappa shape index (κ1) is 15.3. The number of ether oxygens (including phenoxy) is 1. The summed E-state index contributed by atoms with van der Waals surface area (Å²) in [5.41, 5.74) is 3.49. The smallest absolute Gasteiger partial charge is 0.227 e. The highest BCUT2D eigenvalue weighted by atomic mass is 16.5. The Labute approximate surface area is 126 Å². The minimum atomic E-state index is 0.634. The normalized spacial score (nSPS) is 10.5. The van der Waals surface area contributed by atoms with E-state index in [-0.39, 0.29) is 0 Å². The highest BCUT2D eigenvalue weighted by Crippen LogP contribution is 2.28. The zero-order valence-corrected chi connectivity index (χ0v) is 13.2. The Morgan fingerprint density at radius 3 is 2.57 bits per heavy atom. The van der Waals surface area contributed by atoms with E-state index in [1.165, 1.54) is 11.1 Å². The van der Waals surface area contributed by atoms with Gasteiger partial charge in [0, 0.05) is 6.54 Å². The first-order chi connectivity index (χ1) is 10.2. The van der Waals surface area contributed by atoms with Crippen molar-refractivity contribution in [2.24, 2.45) is 0 Å². The number of nitrogens with one attached hydrogen (secondary N) is 1. The Morgan fingerprint density at radius 1 is 1.10 bits per heavy atom. The van der Waals surface area contributed by atoms with E-state index in [0.29, 0.717) is 5.88 Å². The summed E-state index contributed by atoms with van der Waals surface area (Å²) in [4.78, 5) is 8.61. The second-order valence-electron chi connectivity index (χ2n) is 5.13. The lowest BCUT2D eigenvalue weighted by Gasteiger charge is -2.13. The van der Waals surface area contributed by atoms with Crippen LogP contribution in [0.4, 0.5) is 5.82 Å². The predicted octanol–water partition coefficient (Wildman–Crippen LogP) is 4.27. The van der Waals surface area contributed by atoms with Crippen LogP contribution in [0.5, 0.6) is 11.6 Å². The maximum Gasteiger partial charge on any atom is 0.227 e. The van der Waals surface area contributed by atoms with Gasteiger partial charge in [-0.25, -0.2) is 9.97 Å². The van der Waals surface area contributed by atoms with Crippen LogP contribution in [0.2, 0.25) is 0 Å². The molecule has 1 aromatic heterocycles. The summed E-state index contributed by atoms with van der Waals surface area (Å²) in [5, 5.41) is 3.33. The van der Waals surface area contributed by atoms with Gasteiger partial charge in [0.25, 0.3) is 0 Å². The van der Waals surface area contributed by atoms with Crippen molar-refractivity contribution in [1.82, 2.24) is 9.97 Å². The summed E-state index contributed by atoms with van der Waals surface area (Å²) in [6.07, 6.45) is 3.43. The van der Waals surface area contributed by atoms with Crippen molar-refractivity contribution in [2.75, 3.05) is 11.9 Å². The Balaban J connectivity index is 2.28. The van der Waals surface area contributed by atoms with Gasteiger partial charge in [0.15, 0.2) is 0 Å². The topological polar surface area (TPSA) is 47.0 Å². The minimum Gasteiger partial charge on any atom is -0.439 e. The van der Waals surface area contributed by atoms with Crippen LogP contribution in [0.15, 0.2) is 24.5 Å². The Bertz CT molecular complexity index is 611. The van der Waals surface area contributed by atoms with Gasteiger partial charge < -0.3 is 10.1 Å². The number of benzene rings is 1. The lowest BCUT2D eigenvalue weighted by Crippen LogP contribution is -2.07. The fourth-order valence-corrected chi connectivity index (χ4v) is 2.09. The zero-order chi connectivity index (χ0) is 15.2. The van der Waals surface area contributed by atoms with Crippen molar-refractivity contribution in [1.29, 1.82) is 0 Å². The van der Waals surface area contributed by atoms with Gasteiger partial charge in [0.2, 0.25) is 5.88 Å². The molecule has 4 heteroatoms. The molecule has 1 aromatic carbocycles. The molecule has 2 rings (SSSR count). The number of anilines is 1. The zero-order valence-electron chi connectivity index (χ0n) is 13.2. The lowest BCUT2D eigenvalue weighted by molar-refractivity contribution is 0.455. The first-order valence-corrected chi connectivity index (χ1v) is 7.48. The molecule has 0 aliphatic carbocycles. The maximum atomic E-state index is 5.97. The van der Waals surface area contributed by atoms with Crippen molar-refractivity contribution >= 4 is 5.82 Å². The molecule has 21 heavy (non-hydrogen) atoms. The second-order valence-corrected chi connectivity index (χ2v) is 5.13. The molecule has 0 aliphatic heterocycles. The van der Waals surface area contributed by atoms with Gasteiger partial charge in [-0.2, -0.15) is 0 Å². The SMILES string of the molecule is CCCNc1ncnc(Oc2ccc(C)c(C)c2)c1CC. The summed E-state index contributed by atoms with van der Waals surface area (Å²) in [7, 11) is 0. The third-order valence-electron chi connectivity index (χ3n) is 3.49. The molecular formula is C17H23N3O. The van der Waals surface area contributed by atoms with Crippen LogP contribution in [0, 0.1) is 13.8 Å². The maximum absolute atomic E-state index is 5.97. The van der Waals surface area contributed by atoms with Crippen molar-refractivity contribution in [2.45, 2.75) is 40.5 Å². The van der Waals surface area contributed by atoms with E-state index in [1.54, 1.807) is 6.33 Å². The fourth-order valence-electron chi connectivity index (χ4n) is 2.09. The number of hydrogen-bond acceptors (Lipinski definition) is 4. The van der Waals surface area contributed by atoms with Gasteiger partial charge in [0.1, 0.15) is 17.9 Å². The molecule has 4 nitrogen and oxygen atoms in total. The molecule has 0 spiro atoms. The molecule has 112 valence electrons. The van der Waals surface area contributed by atoms with Gasteiger partial charge in [-0.15, -0.1) is 0 Å². The van der Waals surface area contributed by atoms with E-state index in [9.17, 15) is 0 Å². The highest BCUT2D eigenvalue weighted by Gasteiger charge is 2.11. The third kappa shape index (κ3) is 3.72. The van der Waals surface area contributed by atoms with E-state index in [0.717, 1.165) is 36.5 Å². The van der Waals surface area contributed by atoms with Crippen molar-refractivity contribution < 1.29 is 4.74 Å². The molecule has 0 bridgehead atoms. The van der Waals surface area contributed by atoms with Crippen LogP contribution in [0.3, 0.4) is 0 Å². The molecule has 0 fully saturated rings. The average molecular weight is 285 g/mol. The number of rotatable bonds is 6. The summed E-state index contributed by atoms with van der Waals surface area (Å²) >= 11 is 0. The predicted molar refractivity (Wildman–Crippen MR) is 86.2 cm³/mol.